The van der Waals surface area contributed by atoms with Crippen molar-refractivity contribution in [3.63, 3.8) is 0 Å². The van der Waals surface area contributed by atoms with Crippen molar-refractivity contribution in [2.75, 3.05) is 7.05 Å². The SMILES string of the molecule is CNC(c1cc(C)c(C)cc1C)C1C2CCCCC21. The van der Waals surface area contributed by atoms with Gasteiger partial charge in [-0.05, 0) is 80.7 Å². The molecule has 0 aliphatic heterocycles. The normalized spacial score (nSPS) is 30.8. The predicted molar refractivity (Wildman–Crippen MR) is 81.4 cm³/mol. The molecule has 1 aromatic rings. The Morgan fingerprint density at radius 2 is 1.53 bits per heavy atom. The van der Waals surface area contributed by atoms with E-state index in [9.17, 15) is 0 Å². The second kappa shape index (κ2) is 4.94. The smallest absolute Gasteiger partial charge is 0.0354 e. The van der Waals surface area contributed by atoms with E-state index in [1.165, 1.54) is 42.4 Å². The van der Waals surface area contributed by atoms with E-state index in [0.717, 1.165) is 17.8 Å². The van der Waals surface area contributed by atoms with E-state index in [2.05, 4.69) is 45.3 Å². The average molecular weight is 257 g/mol. The molecule has 3 rings (SSSR count). The van der Waals surface area contributed by atoms with Crippen LogP contribution in [0, 0.1) is 38.5 Å². The van der Waals surface area contributed by atoms with E-state index in [-0.39, 0.29) is 0 Å². The van der Waals surface area contributed by atoms with Crippen LogP contribution in [0.2, 0.25) is 0 Å². The second-order valence-electron chi connectivity index (χ2n) is 6.75. The standard InChI is InChI=1S/C18H27N/c1-11-9-13(3)16(10-12(11)2)18(19-4)17-14-7-5-6-8-15(14)17/h9-10,14-15,17-19H,5-8H2,1-4H3. The Labute approximate surface area is 117 Å². The van der Waals surface area contributed by atoms with Crippen molar-refractivity contribution in [3.8, 4) is 0 Å². The molecule has 2 aliphatic carbocycles. The van der Waals surface area contributed by atoms with Gasteiger partial charge in [0, 0.05) is 6.04 Å². The number of aryl methyl sites for hydroxylation is 3. The molecule has 1 N–H and O–H groups in total. The molecule has 0 heterocycles. The molecule has 2 saturated carbocycles. The van der Waals surface area contributed by atoms with Crippen molar-refractivity contribution in [1.29, 1.82) is 0 Å². The zero-order valence-electron chi connectivity index (χ0n) is 12.8. The van der Waals surface area contributed by atoms with Crippen LogP contribution in [0.5, 0.6) is 0 Å². The highest BCUT2D eigenvalue weighted by atomic mass is 14.9. The quantitative estimate of drug-likeness (QED) is 0.851. The Kier molecular flexibility index (Phi) is 3.42. The molecule has 0 spiro atoms. The van der Waals surface area contributed by atoms with Crippen LogP contribution in [-0.4, -0.2) is 7.05 Å². The van der Waals surface area contributed by atoms with Crippen LogP contribution in [-0.2, 0) is 0 Å². The molecular formula is C18H27N. The van der Waals surface area contributed by atoms with Gasteiger partial charge in [0.05, 0.1) is 0 Å². The summed E-state index contributed by atoms with van der Waals surface area (Å²) in [5, 5.41) is 3.62. The van der Waals surface area contributed by atoms with E-state index in [1.807, 2.05) is 0 Å². The van der Waals surface area contributed by atoms with Gasteiger partial charge in [0.1, 0.15) is 0 Å². The van der Waals surface area contributed by atoms with Crippen molar-refractivity contribution in [3.05, 3.63) is 34.4 Å². The Morgan fingerprint density at radius 1 is 0.947 bits per heavy atom. The van der Waals surface area contributed by atoms with Crippen LogP contribution in [0.25, 0.3) is 0 Å². The molecule has 0 amide bonds. The van der Waals surface area contributed by atoms with Crippen LogP contribution in [0.4, 0.5) is 0 Å². The third-order valence-electron chi connectivity index (χ3n) is 5.64. The van der Waals surface area contributed by atoms with Crippen molar-refractivity contribution >= 4 is 0 Å². The Hall–Kier alpha value is -0.820. The summed E-state index contributed by atoms with van der Waals surface area (Å²) in [6.45, 7) is 6.74. The van der Waals surface area contributed by atoms with E-state index in [1.54, 1.807) is 5.56 Å². The van der Waals surface area contributed by atoms with Gasteiger partial charge < -0.3 is 5.32 Å². The summed E-state index contributed by atoms with van der Waals surface area (Å²) in [5.74, 6) is 2.91. The number of hydrogen-bond acceptors (Lipinski definition) is 1. The molecule has 3 atom stereocenters. The first-order valence-corrected chi connectivity index (χ1v) is 7.88. The van der Waals surface area contributed by atoms with E-state index >= 15 is 0 Å². The average Bonchev–Trinajstić information content (AvgIpc) is 3.11. The lowest BCUT2D eigenvalue weighted by Crippen LogP contribution is -2.21. The third kappa shape index (κ3) is 2.23. The van der Waals surface area contributed by atoms with Crippen LogP contribution in [0.3, 0.4) is 0 Å². The molecule has 1 heteroatoms. The summed E-state index contributed by atoms with van der Waals surface area (Å²) in [6, 6.07) is 5.37. The largest absolute Gasteiger partial charge is 0.313 e. The lowest BCUT2D eigenvalue weighted by atomic mass is 9.92. The van der Waals surface area contributed by atoms with Crippen molar-refractivity contribution in [2.45, 2.75) is 52.5 Å². The molecule has 2 fully saturated rings. The topological polar surface area (TPSA) is 12.0 Å². The van der Waals surface area contributed by atoms with Gasteiger partial charge in [-0.2, -0.15) is 0 Å². The Balaban J connectivity index is 1.89. The lowest BCUT2D eigenvalue weighted by Gasteiger charge is -2.21. The first-order valence-electron chi connectivity index (χ1n) is 7.88. The van der Waals surface area contributed by atoms with Gasteiger partial charge in [0.15, 0.2) is 0 Å². The molecule has 0 radical (unpaired) electrons. The van der Waals surface area contributed by atoms with Gasteiger partial charge in [-0.3, -0.25) is 0 Å². The third-order valence-corrected chi connectivity index (χ3v) is 5.64. The number of fused-ring (bicyclic) bond motifs is 1. The fourth-order valence-corrected chi connectivity index (χ4v) is 4.42. The Bertz CT molecular complexity index is 465. The highest BCUT2D eigenvalue weighted by molar-refractivity contribution is 5.39. The molecule has 104 valence electrons. The van der Waals surface area contributed by atoms with E-state index in [0.29, 0.717) is 6.04 Å². The molecule has 2 aliphatic rings. The summed E-state index contributed by atoms with van der Waals surface area (Å²) < 4.78 is 0. The second-order valence-corrected chi connectivity index (χ2v) is 6.75. The van der Waals surface area contributed by atoms with Crippen LogP contribution in [0.15, 0.2) is 12.1 Å². The highest BCUT2D eigenvalue weighted by Gasteiger charge is 2.54. The maximum atomic E-state index is 3.62. The summed E-state index contributed by atoms with van der Waals surface area (Å²) in [6.07, 6.45) is 5.86. The van der Waals surface area contributed by atoms with Crippen LogP contribution in [0.1, 0.15) is 54.0 Å². The number of hydrogen-bond donors (Lipinski definition) is 1. The maximum absolute atomic E-state index is 3.62. The molecule has 0 bridgehead atoms. The maximum Gasteiger partial charge on any atom is 0.0354 e. The predicted octanol–water partition coefficient (Wildman–Crippen LogP) is 4.31. The summed E-state index contributed by atoms with van der Waals surface area (Å²) in [5.41, 5.74) is 5.87. The van der Waals surface area contributed by atoms with Crippen molar-refractivity contribution in [1.82, 2.24) is 5.32 Å². The van der Waals surface area contributed by atoms with E-state index in [4.69, 9.17) is 0 Å². The van der Waals surface area contributed by atoms with Gasteiger partial charge in [-0.1, -0.05) is 25.0 Å². The van der Waals surface area contributed by atoms with E-state index < -0.39 is 0 Å². The number of nitrogens with one attached hydrogen (secondary N) is 1. The van der Waals surface area contributed by atoms with Gasteiger partial charge in [0.25, 0.3) is 0 Å². The summed E-state index contributed by atoms with van der Waals surface area (Å²) >= 11 is 0. The fraction of sp³-hybridized carbons (Fsp3) is 0.667. The molecule has 3 unspecified atom stereocenters. The van der Waals surface area contributed by atoms with Gasteiger partial charge in [-0.15, -0.1) is 0 Å². The van der Waals surface area contributed by atoms with Crippen LogP contribution >= 0.6 is 0 Å². The number of rotatable bonds is 3. The number of benzene rings is 1. The molecule has 1 aromatic carbocycles. The fourth-order valence-electron chi connectivity index (χ4n) is 4.42. The minimum absolute atomic E-state index is 0.576. The molecule has 19 heavy (non-hydrogen) atoms. The van der Waals surface area contributed by atoms with Gasteiger partial charge in [-0.25, -0.2) is 0 Å². The van der Waals surface area contributed by atoms with Crippen LogP contribution < -0.4 is 5.32 Å². The molecule has 0 aromatic heterocycles. The minimum Gasteiger partial charge on any atom is -0.313 e. The molecular weight excluding hydrogens is 230 g/mol. The van der Waals surface area contributed by atoms with Gasteiger partial charge in [0.2, 0.25) is 0 Å². The lowest BCUT2D eigenvalue weighted by molar-refractivity contribution is 0.479. The first-order chi connectivity index (χ1) is 9.13. The zero-order chi connectivity index (χ0) is 13.6. The monoisotopic (exact) mass is 257 g/mol. The highest BCUT2D eigenvalue weighted by Crippen LogP contribution is 2.60. The first kappa shape index (κ1) is 13.2. The Morgan fingerprint density at radius 3 is 2.11 bits per heavy atom. The summed E-state index contributed by atoms with van der Waals surface area (Å²) in [4.78, 5) is 0. The van der Waals surface area contributed by atoms with Crippen molar-refractivity contribution in [2.24, 2.45) is 17.8 Å². The van der Waals surface area contributed by atoms with Gasteiger partial charge >= 0.3 is 0 Å². The summed E-state index contributed by atoms with van der Waals surface area (Å²) in [7, 11) is 2.14. The zero-order valence-corrected chi connectivity index (χ0v) is 12.8. The molecule has 1 nitrogen and oxygen atoms in total. The molecule has 0 saturated heterocycles. The van der Waals surface area contributed by atoms with Crippen molar-refractivity contribution < 1.29 is 0 Å². The minimum atomic E-state index is 0.576.